The van der Waals surface area contributed by atoms with Gasteiger partial charge in [-0.2, -0.15) is 11.8 Å². The Labute approximate surface area is 104 Å². The van der Waals surface area contributed by atoms with Gasteiger partial charge in [-0.05, 0) is 30.4 Å². The Morgan fingerprint density at radius 3 is 3.00 bits per heavy atom. The van der Waals surface area contributed by atoms with Crippen molar-refractivity contribution in [2.75, 3.05) is 30.3 Å². The van der Waals surface area contributed by atoms with Gasteiger partial charge >= 0.3 is 0 Å². The minimum Gasteiger partial charge on any atom is -0.399 e. The second kappa shape index (κ2) is 5.40. The third kappa shape index (κ3) is 2.91. The summed E-state index contributed by atoms with van der Waals surface area (Å²) < 4.78 is 13.6. The largest absolute Gasteiger partial charge is 0.399 e. The number of carbonyl (C=O) groups excluding carboxylic acids is 1. The molecule has 2 rings (SSSR count). The minimum atomic E-state index is -0.499. The highest BCUT2D eigenvalue weighted by molar-refractivity contribution is 7.99. The first-order valence-electron chi connectivity index (χ1n) is 5.60. The second-order valence-corrected chi connectivity index (χ2v) is 5.22. The van der Waals surface area contributed by atoms with E-state index in [2.05, 4.69) is 0 Å². The molecular formula is C12H15FN2OS. The maximum Gasteiger partial charge on any atom is 0.256 e. The molecule has 5 heteroatoms. The lowest BCUT2D eigenvalue weighted by atomic mass is 10.1. The average Bonchev–Trinajstić information content (AvgIpc) is 2.60. The Morgan fingerprint density at radius 1 is 1.35 bits per heavy atom. The number of thioether (sulfide) groups is 1. The Kier molecular flexibility index (Phi) is 3.89. The second-order valence-electron chi connectivity index (χ2n) is 4.00. The first kappa shape index (κ1) is 12.2. The molecule has 2 N–H and O–H groups in total. The van der Waals surface area contributed by atoms with Crippen molar-refractivity contribution < 1.29 is 9.18 Å². The standard InChI is InChI=1S/C12H15FN2OS/c13-11-3-2-9(14)8-10(11)12(16)15-4-1-6-17-7-5-15/h2-3,8H,1,4-7,14H2. The molecule has 0 aliphatic carbocycles. The van der Waals surface area contributed by atoms with E-state index in [9.17, 15) is 9.18 Å². The Morgan fingerprint density at radius 2 is 2.18 bits per heavy atom. The third-order valence-corrected chi connectivity index (χ3v) is 3.78. The van der Waals surface area contributed by atoms with Gasteiger partial charge in [-0.3, -0.25) is 4.79 Å². The number of nitrogens with zero attached hydrogens (tertiary/aromatic N) is 1. The van der Waals surface area contributed by atoms with Crippen LogP contribution in [0.15, 0.2) is 18.2 Å². The molecule has 1 aliphatic heterocycles. The molecule has 1 aromatic rings. The molecule has 1 aliphatic rings. The van der Waals surface area contributed by atoms with E-state index in [1.54, 1.807) is 4.90 Å². The van der Waals surface area contributed by atoms with Crippen LogP contribution in [0.1, 0.15) is 16.8 Å². The van der Waals surface area contributed by atoms with Crippen LogP contribution >= 0.6 is 11.8 Å². The highest BCUT2D eigenvalue weighted by Gasteiger charge is 2.20. The van der Waals surface area contributed by atoms with Crippen LogP contribution in [0, 0.1) is 5.82 Å². The summed E-state index contributed by atoms with van der Waals surface area (Å²) in [6, 6.07) is 4.12. The number of nitrogens with two attached hydrogens (primary N) is 1. The fraction of sp³-hybridized carbons (Fsp3) is 0.417. The molecule has 0 atom stereocenters. The number of nitrogen functional groups attached to an aromatic ring is 1. The molecule has 0 bridgehead atoms. The van der Waals surface area contributed by atoms with E-state index in [-0.39, 0.29) is 11.5 Å². The fourth-order valence-corrected chi connectivity index (χ4v) is 2.71. The van der Waals surface area contributed by atoms with Gasteiger partial charge in [0.1, 0.15) is 5.82 Å². The van der Waals surface area contributed by atoms with Crippen LogP contribution in [0.4, 0.5) is 10.1 Å². The van der Waals surface area contributed by atoms with Crippen LogP contribution in [0.3, 0.4) is 0 Å². The van der Waals surface area contributed by atoms with E-state index >= 15 is 0 Å². The summed E-state index contributed by atoms with van der Waals surface area (Å²) in [5, 5.41) is 0. The number of carbonyl (C=O) groups is 1. The number of hydrogen-bond donors (Lipinski definition) is 1. The van der Waals surface area contributed by atoms with E-state index < -0.39 is 5.82 Å². The van der Waals surface area contributed by atoms with Crippen molar-refractivity contribution in [2.24, 2.45) is 0 Å². The van der Waals surface area contributed by atoms with Crippen molar-refractivity contribution in [3.63, 3.8) is 0 Å². The predicted octanol–water partition coefficient (Wildman–Crippen LogP) is 1.99. The first-order chi connectivity index (χ1) is 8.18. The van der Waals surface area contributed by atoms with Gasteiger partial charge in [0, 0.05) is 24.5 Å². The first-order valence-corrected chi connectivity index (χ1v) is 6.76. The van der Waals surface area contributed by atoms with Gasteiger partial charge in [0.15, 0.2) is 0 Å². The summed E-state index contributed by atoms with van der Waals surface area (Å²) in [5.74, 6) is 1.22. The van der Waals surface area contributed by atoms with Gasteiger partial charge in [-0.15, -0.1) is 0 Å². The summed E-state index contributed by atoms with van der Waals surface area (Å²) in [5.41, 5.74) is 6.08. The summed E-state index contributed by atoms with van der Waals surface area (Å²) in [6.07, 6.45) is 0.959. The van der Waals surface area contributed by atoms with Crippen molar-refractivity contribution in [1.82, 2.24) is 4.90 Å². The van der Waals surface area contributed by atoms with Crippen LogP contribution in [0.2, 0.25) is 0 Å². The molecule has 0 radical (unpaired) electrons. The zero-order valence-electron chi connectivity index (χ0n) is 9.49. The lowest BCUT2D eigenvalue weighted by molar-refractivity contribution is 0.0764. The maximum atomic E-state index is 13.6. The van der Waals surface area contributed by atoms with E-state index in [0.717, 1.165) is 17.9 Å². The topological polar surface area (TPSA) is 46.3 Å². The molecule has 1 heterocycles. The molecule has 0 unspecified atom stereocenters. The summed E-state index contributed by atoms with van der Waals surface area (Å²) in [6.45, 7) is 1.37. The lowest BCUT2D eigenvalue weighted by Gasteiger charge is -2.20. The number of rotatable bonds is 1. The molecule has 1 fully saturated rings. The van der Waals surface area contributed by atoms with Crippen molar-refractivity contribution in [2.45, 2.75) is 6.42 Å². The Hall–Kier alpha value is -1.23. The monoisotopic (exact) mass is 254 g/mol. The Balaban J connectivity index is 2.20. The third-order valence-electron chi connectivity index (χ3n) is 2.73. The zero-order valence-corrected chi connectivity index (χ0v) is 10.3. The predicted molar refractivity (Wildman–Crippen MR) is 68.7 cm³/mol. The number of anilines is 1. The van der Waals surface area contributed by atoms with E-state index in [4.69, 9.17) is 5.73 Å². The highest BCUT2D eigenvalue weighted by Crippen LogP contribution is 2.17. The van der Waals surface area contributed by atoms with E-state index in [1.807, 2.05) is 11.8 Å². The molecule has 1 aromatic carbocycles. The smallest absolute Gasteiger partial charge is 0.256 e. The number of hydrogen-bond acceptors (Lipinski definition) is 3. The number of halogens is 1. The summed E-state index contributed by atoms with van der Waals surface area (Å²) in [4.78, 5) is 13.9. The van der Waals surface area contributed by atoms with Crippen molar-refractivity contribution >= 4 is 23.4 Å². The van der Waals surface area contributed by atoms with Gasteiger partial charge < -0.3 is 10.6 Å². The van der Waals surface area contributed by atoms with Crippen LogP contribution in [-0.4, -0.2) is 35.4 Å². The van der Waals surface area contributed by atoms with Crippen molar-refractivity contribution in [1.29, 1.82) is 0 Å². The highest BCUT2D eigenvalue weighted by atomic mass is 32.2. The van der Waals surface area contributed by atoms with Crippen LogP contribution in [0.5, 0.6) is 0 Å². The van der Waals surface area contributed by atoms with Gasteiger partial charge in [0.25, 0.3) is 5.91 Å². The van der Waals surface area contributed by atoms with E-state index in [1.165, 1.54) is 18.2 Å². The SMILES string of the molecule is Nc1ccc(F)c(C(=O)N2CCCSCC2)c1. The molecular weight excluding hydrogens is 239 g/mol. The molecule has 17 heavy (non-hydrogen) atoms. The molecule has 92 valence electrons. The molecule has 0 spiro atoms. The van der Waals surface area contributed by atoms with Crippen molar-refractivity contribution in [3.8, 4) is 0 Å². The summed E-state index contributed by atoms with van der Waals surface area (Å²) >= 11 is 1.83. The quantitative estimate of drug-likeness (QED) is 0.780. The lowest BCUT2D eigenvalue weighted by Crippen LogP contribution is -2.33. The molecule has 1 saturated heterocycles. The fourth-order valence-electron chi connectivity index (χ4n) is 1.83. The van der Waals surface area contributed by atoms with Gasteiger partial charge in [0.2, 0.25) is 0 Å². The van der Waals surface area contributed by atoms with Gasteiger partial charge in [0.05, 0.1) is 5.56 Å². The number of amides is 1. The molecule has 0 saturated carbocycles. The molecule has 1 amide bonds. The normalized spacial score (nSPS) is 16.6. The average molecular weight is 254 g/mol. The van der Waals surface area contributed by atoms with Crippen LogP contribution < -0.4 is 5.73 Å². The van der Waals surface area contributed by atoms with Crippen LogP contribution in [-0.2, 0) is 0 Å². The van der Waals surface area contributed by atoms with Crippen molar-refractivity contribution in [3.05, 3.63) is 29.6 Å². The Bertz CT molecular complexity index is 417. The molecule has 3 nitrogen and oxygen atoms in total. The number of benzene rings is 1. The zero-order chi connectivity index (χ0) is 12.3. The maximum absolute atomic E-state index is 13.6. The minimum absolute atomic E-state index is 0.0805. The van der Waals surface area contributed by atoms with E-state index in [0.29, 0.717) is 18.8 Å². The van der Waals surface area contributed by atoms with Crippen LogP contribution in [0.25, 0.3) is 0 Å². The van der Waals surface area contributed by atoms with Gasteiger partial charge in [-0.25, -0.2) is 4.39 Å². The summed E-state index contributed by atoms with van der Waals surface area (Å²) in [7, 11) is 0. The molecule has 0 aromatic heterocycles. The van der Waals surface area contributed by atoms with Gasteiger partial charge in [-0.1, -0.05) is 0 Å².